The summed E-state index contributed by atoms with van der Waals surface area (Å²) in [5.74, 6) is -1.10. The number of nitrogens with one attached hydrogen (secondary N) is 1. The first-order valence-corrected chi connectivity index (χ1v) is 9.26. The van der Waals surface area contributed by atoms with Crippen molar-refractivity contribution in [2.45, 2.75) is 38.6 Å². The van der Waals surface area contributed by atoms with E-state index in [9.17, 15) is 19.7 Å². The predicted octanol–water partition coefficient (Wildman–Crippen LogP) is 3.51. The van der Waals surface area contributed by atoms with Crippen molar-refractivity contribution in [2.24, 2.45) is 0 Å². The largest absolute Gasteiger partial charge is 0.452 e. The Morgan fingerprint density at radius 1 is 1.11 bits per heavy atom. The minimum atomic E-state index is -0.702. The van der Waals surface area contributed by atoms with E-state index in [-0.39, 0.29) is 17.3 Å². The van der Waals surface area contributed by atoms with Gasteiger partial charge in [-0.2, -0.15) is 0 Å². The number of rotatable bonds is 6. The Labute approximate surface area is 162 Å². The van der Waals surface area contributed by atoms with Crippen LogP contribution in [0.3, 0.4) is 0 Å². The summed E-state index contributed by atoms with van der Waals surface area (Å²) in [6.45, 7) is 1.48. The molecule has 7 nitrogen and oxygen atoms in total. The van der Waals surface area contributed by atoms with Crippen molar-refractivity contribution in [2.75, 3.05) is 6.61 Å². The van der Waals surface area contributed by atoms with Crippen LogP contribution in [-0.2, 0) is 22.4 Å². The number of esters is 1. The molecule has 1 atom stereocenters. The number of amides is 1. The van der Waals surface area contributed by atoms with Crippen LogP contribution in [0.2, 0.25) is 0 Å². The van der Waals surface area contributed by atoms with Crippen molar-refractivity contribution < 1.29 is 19.2 Å². The third-order valence-electron chi connectivity index (χ3n) is 4.90. The van der Waals surface area contributed by atoms with Crippen LogP contribution >= 0.6 is 0 Å². The highest BCUT2D eigenvalue weighted by molar-refractivity contribution is 5.91. The number of carbonyl (C=O) groups excluding carboxylic acids is 2. The molecular weight excluding hydrogens is 360 g/mol. The lowest BCUT2D eigenvalue weighted by Crippen LogP contribution is -2.31. The molecule has 7 heteroatoms. The van der Waals surface area contributed by atoms with Crippen molar-refractivity contribution in [1.29, 1.82) is 0 Å². The molecular formula is C21H22N2O5. The fraction of sp³-hybridized carbons (Fsp3) is 0.333. The summed E-state index contributed by atoms with van der Waals surface area (Å²) in [6, 6.07) is 11.1. The molecule has 146 valence electrons. The molecule has 0 heterocycles. The molecule has 0 bridgehead atoms. The minimum Gasteiger partial charge on any atom is -0.452 e. The number of nitrogens with zero attached hydrogens (tertiary/aromatic N) is 1. The van der Waals surface area contributed by atoms with E-state index >= 15 is 0 Å². The van der Waals surface area contributed by atoms with Gasteiger partial charge in [0.1, 0.15) is 0 Å². The van der Waals surface area contributed by atoms with Gasteiger partial charge in [0.15, 0.2) is 6.61 Å². The Hall–Kier alpha value is -3.22. The normalized spacial score (nSPS) is 13.9. The molecule has 28 heavy (non-hydrogen) atoms. The Balaban J connectivity index is 1.52. The third-order valence-corrected chi connectivity index (χ3v) is 4.90. The van der Waals surface area contributed by atoms with Crippen LogP contribution in [0.5, 0.6) is 0 Å². The number of benzene rings is 2. The monoisotopic (exact) mass is 382 g/mol. The fourth-order valence-electron chi connectivity index (χ4n) is 3.32. The van der Waals surface area contributed by atoms with Gasteiger partial charge in [-0.15, -0.1) is 0 Å². The van der Waals surface area contributed by atoms with E-state index in [2.05, 4.69) is 17.4 Å². The first-order valence-electron chi connectivity index (χ1n) is 9.26. The van der Waals surface area contributed by atoms with Gasteiger partial charge >= 0.3 is 5.97 Å². The molecule has 0 aliphatic heterocycles. The molecule has 3 rings (SSSR count). The zero-order chi connectivity index (χ0) is 20.1. The lowest BCUT2D eigenvalue weighted by Gasteiger charge is -2.20. The van der Waals surface area contributed by atoms with Crippen LogP contribution in [0.15, 0.2) is 42.5 Å². The Morgan fingerprint density at radius 3 is 2.46 bits per heavy atom. The molecule has 0 unspecified atom stereocenters. The minimum absolute atomic E-state index is 0.117. The van der Waals surface area contributed by atoms with Gasteiger partial charge in [-0.3, -0.25) is 14.9 Å². The number of non-ortho nitro benzene ring substituents is 1. The van der Waals surface area contributed by atoms with Gasteiger partial charge < -0.3 is 10.1 Å². The highest BCUT2D eigenvalue weighted by atomic mass is 16.6. The summed E-state index contributed by atoms with van der Waals surface area (Å²) in [7, 11) is 0. The van der Waals surface area contributed by atoms with Crippen molar-refractivity contribution in [3.8, 4) is 0 Å². The smallest absolute Gasteiger partial charge is 0.338 e. The highest BCUT2D eigenvalue weighted by Crippen LogP contribution is 2.24. The first kappa shape index (κ1) is 19.5. The molecule has 1 aliphatic rings. The van der Waals surface area contributed by atoms with Crippen LogP contribution in [0, 0.1) is 10.1 Å². The molecule has 1 N–H and O–H groups in total. The Bertz CT molecular complexity index is 892. The summed E-state index contributed by atoms with van der Waals surface area (Å²) in [5, 5.41) is 13.5. The summed E-state index contributed by atoms with van der Waals surface area (Å²) in [5.41, 5.74) is 3.78. The molecule has 0 fully saturated rings. The summed E-state index contributed by atoms with van der Waals surface area (Å²) in [6.07, 6.45) is 4.58. The highest BCUT2D eigenvalue weighted by Gasteiger charge is 2.16. The second-order valence-corrected chi connectivity index (χ2v) is 6.90. The number of ether oxygens (including phenoxy) is 1. The number of nitro benzene ring substituents is 1. The number of nitro groups is 1. The zero-order valence-electron chi connectivity index (χ0n) is 15.6. The second-order valence-electron chi connectivity index (χ2n) is 6.90. The number of fused-ring (bicyclic) bond motifs is 1. The Morgan fingerprint density at radius 2 is 1.79 bits per heavy atom. The van der Waals surface area contributed by atoms with E-state index in [0.29, 0.717) is 0 Å². The zero-order valence-corrected chi connectivity index (χ0v) is 15.6. The summed E-state index contributed by atoms with van der Waals surface area (Å²) >= 11 is 0. The van der Waals surface area contributed by atoms with Gasteiger partial charge in [-0.1, -0.05) is 18.2 Å². The maximum Gasteiger partial charge on any atom is 0.338 e. The molecule has 1 amide bonds. The quantitative estimate of drug-likeness (QED) is 0.468. The van der Waals surface area contributed by atoms with Crippen LogP contribution < -0.4 is 5.32 Å². The van der Waals surface area contributed by atoms with E-state index in [4.69, 9.17) is 4.74 Å². The molecule has 0 spiro atoms. The van der Waals surface area contributed by atoms with Crippen LogP contribution in [-0.4, -0.2) is 23.4 Å². The number of aryl methyl sites for hydroxylation is 2. The third kappa shape index (κ3) is 4.73. The van der Waals surface area contributed by atoms with Crippen LogP contribution in [0.1, 0.15) is 52.9 Å². The maximum atomic E-state index is 12.1. The van der Waals surface area contributed by atoms with Crippen molar-refractivity contribution in [3.05, 3.63) is 74.8 Å². The number of hydrogen-bond acceptors (Lipinski definition) is 5. The molecule has 0 saturated carbocycles. The van der Waals surface area contributed by atoms with E-state index in [1.807, 2.05) is 13.0 Å². The lowest BCUT2D eigenvalue weighted by molar-refractivity contribution is -0.384. The van der Waals surface area contributed by atoms with Crippen molar-refractivity contribution in [1.82, 2.24) is 5.32 Å². The van der Waals surface area contributed by atoms with Gasteiger partial charge in [0.25, 0.3) is 11.6 Å². The average molecular weight is 382 g/mol. The first-order chi connectivity index (χ1) is 13.4. The number of hydrogen-bond donors (Lipinski definition) is 1. The van der Waals surface area contributed by atoms with Crippen LogP contribution in [0.4, 0.5) is 5.69 Å². The molecule has 2 aromatic carbocycles. The molecule has 0 saturated heterocycles. The maximum absolute atomic E-state index is 12.1. The molecule has 0 aromatic heterocycles. The van der Waals surface area contributed by atoms with Crippen molar-refractivity contribution >= 4 is 17.6 Å². The standard InChI is InChI=1S/C21H22N2O5/c1-14(17-7-6-15-4-2-3-5-18(15)12-17)22-20(24)13-28-21(25)16-8-10-19(11-9-16)23(26)27/h6-12,14H,2-5,13H2,1H3,(H,22,24)/t14-/m1/s1. The SMILES string of the molecule is C[C@@H](NC(=O)COC(=O)c1ccc([N+](=O)[O-])cc1)c1ccc2c(c1)CCCC2. The van der Waals surface area contributed by atoms with Gasteiger partial charge in [0, 0.05) is 12.1 Å². The second kappa shape index (κ2) is 8.65. The molecule has 0 radical (unpaired) electrons. The Kier molecular flexibility index (Phi) is 6.03. The summed E-state index contributed by atoms with van der Waals surface area (Å²) in [4.78, 5) is 34.2. The van der Waals surface area contributed by atoms with Gasteiger partial charge in [0.2, 0.25) is 0 Å². The topological polar surface area (TPSA) is 98.5 Å². The molecule has 2 aromatic rings. The van der Waals surface area contributed by atoms with E-state index in [1.54, 1.807) is 0 Å². The van der Waals surface area contributed by atoms with E-state index in [0.717, 1.165) is 18.4 Å². The molecule has 1 aliphatic carbocycles. The lowest BCUT2D eigenvalue weighted by atomic mass is 9.89. The van der Waals surface area contributed by atoms with Gasteiger partial charge in [-0.25, -0.2) is 4.79 Å². The predicted molar refractivity (Wildman–Crippen MR) is 103 cm³/mol. The fourth-order valence-corrected chi connectivity index (χ4v) is 3.32. The average Bonchev–Trinajstić information content (AvgIpc) is 2.71. The van der Waals surface area contributed by atoms with Crippen LogP contribution in [0.25, 0.3) is 0 Å². The van der Waals surface area contributed by atoms with Gasteiger partial charge in [0.05, 0.1) is 16.5 Å². The van der Waals surface area contributed by atoms with E-state index in [1.165, 1.54) is 48.2 Å². The summed E-state index contributed by atoms with van der Waals surface area (Å²) < 4.78 is 5.00. The van der Waals surface area contributed by atoms with Crippen molar-refractivity contribution in [3.63, 3.8) is 0 Å². The van der Waals surface area contributed by atoms with Gasteiger partial charge in [-0.05, 0) is 61.4 Å². The number of carbonyl (C=O) groups is 2. The van der Waals surface area contributed by atoms with E-state index < -0.39 is 23.4 Å².